The van der Waals surface area contributed by atoms with Crippen molar-refractivity contribution in [2.24, 2.45) is 0 Å². The van der Waals surface area contributed by atoms with E-state index in [4.69, 9.17) is 0 Å². The molecule has 134 valence electrons. The number of hydrogen-bond donors (Lipinski definition) is 2. The first kappa shape index (κ1) is 19.5. The number of benzene rings is 1. The Bertz CT molecular complexity index is 777. The quantitative estimate of drug-likeness (QED) is 0.595. The predicted octanol–water partition coefficient (Wildman–Crippen LogP) is 3.71. The van der Waals surface area contributed by atoms with Gasteiger partial charge in [-0.3, -0.25) is 9.59 Å². The minimum atomic E-state index is -0.254. The fourth-order valence-electron chi connectivity index (χ4n) is 2.08. The molecule has 25 heavy (non-hydrogen) atoms. The van der Waals surface area contributed by atoms with Gasteiger partial charge in [-0.2, -0.15) is 0 Å². The number of carbonyl (C=O) groups is 2. The van der Waals surface area contributed by atoms with Crippen LogP contribution in [0.3, 0.4) is 0 Å². The Labute approximate surface area is 156 Å². The van der Waals surface area contributed by atoms with Crippen LogP contribution >= 0.6 is 23.1 Å². The summed E-state index contributed by atoms with van der Waals surface area (Å²) in [5.41, 5.74) is 1.29. The molecule has 7 heteroatoms. The van der Waals surface area contributed by atoms with E-state index in [-0.39, 0.29) is 23.9 Å². The molecule has 0 aliphatic heterocycles. The van der Waals surface area contributed by atoms with Crippen LogP contribution < -0.4 is 10.6 Å². The van der Waals surface area contributed by atoms with E-state index in [9.17, 15) is 9.59 Å². The van der Waals surface area contributed by atoms with E-state index < -0.39 is 0 Å². The molecule has 0 saturated heterocycles. The standard InChI is InChI=1S/C18H23N3O2S2/c1-10(2)19-16(22)12(5)15(17(23)20-11(3)4)25-18-21-13-8-6-7-9-14(13)24-18/h6-11H,1-5H3,(H,19,22)(H,20,23). The molecule has 0 aliphatic rings. The minimum Gasteiger partial charge on any atom is -0.350 e. The summed E-state index contributed by atoms with van der Waals surface area (Å²) in [6.45, 7) is 9.23. The second-order valence-corrected chi connectivity index (χ2v) is 8.55. The smallest absolute Gasteiger partial charge is 0.258 e. The lowest BCUT2D eigenvalue weighted by Gasteiger charge is -2.14. The number of hydrogen-bond acceptors (Lipinski definition) is 5. The predicted molar refractivity (Wildman–Crippen MR) is 105 cm³/mol. The fourth-order valence-corrected chi connectivity index (χ4v) is 4.18. The molecule has 2 amide bonds. The van der Waals surface area contributed by atoms with Crippen molar-refractivity contribution in [2.45, 2.75) is 51.0 Å². The van der Waals surface area contributed by atoms with Gasteiger partial charge in [0.2, 0.25) is 5.91 Å². The Morgan fingerprint density at radius 1 is 1.04 bits per heavy atom. The lowest BCUT2D eigenvalue weighted by atomic mass is 10.2. The van der Waals surface area contributed by atoms with Crippen molar-refractivity contribution in [2.75, 3.05) is 0 Å². The van der Waals surface area contributed by atoms with Crippen molar-refractivity contribution in [3.05, 3.63) is 34.7 Å². The molecule has 0 bridgehead atoms. The number of nitrogens with zero attached hydrogens (tertiary/aromatic N) is 1. The zero-order valence-corrected chi connectivity index (χ0v) is 16.7. The molecule has 1 heterocycles. The van der Waals surface area contributed by atoms with Crippen molar-refractivity contribution in [3.63, 3.8) is 0 Å². The molecule has 0 spiro atoms. The molecule has 0 atom stereocenters. The Morgan fingerprint density at radius 2 is 1.64 bits per heavy atom. The topological polar surface area (TPSA) is 71.1 Å². The normalized spacial score (nSPS) is 12.4. The second-order valence-electron chi connectivity index (χ2n) is 6.26. The molecule has 2 aromatic rings. The number of nitrogens with one attached hydrogen (secondary N) is 2. The van der Waals surface area contributed by atoms with Crippen LogP contribution in [0.2, 0.25) is 0 Å². The van der Waals surface area contributed by atoms with Crippen LogP contribution in [0.5, 0.6) is 0 Å². The van der Waals surface area contributed by atoms with E-state index >= 15 is 0 Å². The van der Waals surface area contributed by atoms with Crippen LogP contribution in [-0.4, -0.2) is 28.9 Å². The monoisotopic (exact) mass is 377 g/mol. The molecule has 0 fully saturated rings. The summed E-state index contributed by atoms with van der Waals surface area (Å²) in [6.07, 6.45) is 0. The number of thiazole rings is 1. The highest BCUT2D eigenvalue weighted by atomic mass is 32.2. The Morgan fingerprint density at radius 3 is 2.24 bits per heavy atom. The molecule has 0 radical (unpaired) electrons. The second kappa shape index (κ2) is 8.49. The Kier molecular flexibility index (Phi) is 6.61. The molecule has 0 unspecified atom stereocenters. The van der Waals surface area contributed by atoms with Gasteiger partial charge in [-0.05, 0) is 46.8 Å². The van der Waals surface area contributed by atoms with Gasteiger partial charge in [-0.15, -0.1) is 11.3 Å². The third kappa shape index (κ3) is 5.31. The molecule has 0 saturated carbocycles. The highest BCUT2D eigenvalue weighted by molar-refractivity contribution is 8.05. The van der Waals surface area contributed by atoms with Crippen molar-refractivity contribution in [3.8, 4) is 0 Å². The van der Waals surface area contributed by atoms with E-state index in [0.717, 1.165) is 14.6 Å². The first-order valence-electron chi connectivity index (χ1n) is 8.14. The van der Waals surface area contributed by atoms with Crippen molar-refractivity contribution in [1.29, 1.82) is 0 Å². The van der Waals surface area contributed by atoms with Gasteiger partial charge >= 0.3 is 0 Å². The summed E-state index contributed by atoms with van der Waals surface area (Å²) >= 11 is 2.75. The van der Waals surface area contributed by atoms with Crippen molar-refractivity contribution in [1.82, 2.24) is 15.6 Å². The van der Waals surface area contributed by atoms with Gasteiger partial charge in [-0.25, -0.2) is 4.98 Å². The number of thioether (sulfide) groups is 1. The molecular weight excluding hydrogens is 354 g/mol. The Balaban J connectivity index is 2.36. The zero-order chi connectivity index (χ0) is 18.6. The van der Waals surface area contributed by atoms with Crippen LogP contribution in [0.25, 0.3) is 10.2 Å². The van der Waals surface area contributed by atoms with E-state index in [1.165, 1.54) is 23.1 Å². The number of para-hydroxylation sites is 1. The average Bonchev–Trinajstić information content (AvgIpc) is 2.93. The van der Waals surface area contributed by atoms with E-state index in [2.05, 4.69) is 15.6 Å². The van der Waals surface area contributed by atoms with Crippen LogP contribution in [0.15, 0.2) is 39.1 Å². The number of carbonyl (C=O) groups excluding carboxylic acids is 2. The summed E-state index contributed by atoms with van der Waals surface area (Å²) in [5.74, 6) is -0.492. The average molecular weight is 378 g/mol. The summed E-state index contributed by atoms with van der Waals surface area (Å²) < 4.78 is 1.80. The molecule has 2 N–H and O–H groups in total. The number of aromatic nitrogens is 1. The van der Waals surface area contributed by atoms with Crippen LogP contribution in [-0.2, 0) is 9.59 Å². The molecular formula is C18H23N3O2S2. The summed E-state index contributed by atoms with van der Waals surface area (Å²) in [4.78, 5) is 29.9. The maximum atomic E-state index is 12.6. The van der Waals surface area contributed by atoms with E-state index in [0.29, 0.717) is 10.5 Å². The maximum Gasteiger partial charge on any atom is 0.258 e. The first-order valence-corrected chi connectivity index (χ1v) is 9.77. The SMILES string of the molecule is CC(C(=O)NC(C)C)=C(Sc1nc2ccccc2s1)C(=O)NC(C)C. The van der Waals surface area contributed by atoms with Crippen molar-refractivity contribution >= 4 is 45.1 Å². The minimum absolute atomic E-state index is 0.00399. The van der Waals surface area contributed by atoms with Crippen LogP contribution in [0.4, 0.5) is 0 Å². The summed E-state index contributed by atoms with van der Waals surface area (Å²) in [5, 5.41) is 5.70. The van der Waals surface area contributed by atoms with Gasteiger partial charge in [0.05, 0.1) is 15.1 Å². The van der Waals surface area contributed by atoms with E-state index in [1.807, 2.05) is 52.0 Å². The van der Waals surface area contributed by atoms with E-state index in [1.54, 1.807) is 6.92 Å². The molecule has 5 nitrogen and oxygen atoms in total. The molecule has 2 rings (SSSR count). The van der Waals surface area contributed by atoms with Crippen LogP contribution in [0, 0.1) is 0 Å². The van der Waals surface area contributed by atoms with Gasteiger partial charge in [0, 0.05) is 17.7 Å². The van der Waals surface area contributed by atoms with Gasteiger partial charge in [-0.1, -0.05) is 23.9 Å². The van der Waals surface area contributed by atoms with Crippen LogP contribution in [0.1, 0.15) is 34.6 Å². The fraction of sp³-hybridized carbons (Fsp3) is 0.389. The number of rotatable bonds is 6. The summed E-state index contributed by atoms with van der Waals surface area (Å²) in [6, 6.07) is 7.81. The number of fused-ring (bicyclic) bond motifs is 1. The summed E-state index contributed by atoms with van der Waals surface area (Å²) in [7, 11) is 0. The lowest BCUT2D eigenvalue weighted by Crippen LogP contribution is -2.35. The third-order valence-electron chi connectivity index (χ3n) is 3.19. The maximum absolute atomic E-state index is 12.6. The van der Waals surface area contributed by atoms with Crippen molar-refractivity contribution < 1.29 is 9.59 Å². The largest absolute Gasteiger partial charge is 0.350 e. The molecule has 0 aliphatic carbocycles. The number of amides is 2. The molecule has 1 aromatic heterocycles. The highest BCUT2D eigenvalue weighted by Gasteiger charge is 2.21. The van der Waals surface area contributed by atoms with Gasteiger partial charge in [0.15, 0.2) is 4.34 Å². The lowest BCUT2D eigenvalue weighted by molar-refractivity contribution is -0.120. The van der Waals surface area contributed by atoms with Gasteiger partial charge in [0.25, 0.3) is 5.91 Å². The Hall–Kier alpha value is -1.86. The first-order chi connectivity index (χ1) is 11.8. The zero-order valence-electron chi connectivity index (χ0n) is 15.0. The molecule has 1 aromatic carbocycles. The highest BCUT2D eigenvalue weighted by Crippen LogP contribution is 2.35. The van der Waals surface area contributed by atoms with Gasteiger partial charge < -0.3 is 10.6 Å². The third-order valence-corrected chi connectivity index (χ3v) is 5.48. The van der Waals surface area contributed by atoms with Gasteiger partial charge in [0.1, 0.15) is 0 Å².